The van der Waals surface area contributed by atoms with Crippen LogP contribution in [0.15, 0.2) is 0 Å². The molecule has 0 aromatic rings. The lowest BCUT2D eigenvalue weighted by Gasteiger charge is -2.37. The van der Waals surface area contributed by atoms with E-state index in [1.165, 1.54) is 0 Å². The summed E-state index contributed by atoms with van der Waals surface area (Å²) >= 11 is 0. The summed E-state index contributed by atoms with van der Waals surface area (Å²) in [6.07, 6.45) is 2.15. The van der Waals surface area contributed by atoms with Crippen molar-refractivity contribution in [3.63, 3.8) is 0 Å². The molecule has 1 heterocycles. The SMILES string of the molecule is CC(C)(C)OC(=O)N1CCC(OC(C)(C)CCO)CC1. The Morgan fingerprint density at radius 1 is 1.20 bits per heavy atom. The van der Waals surface area contributed by atoms with E-state index < -0.39 is 5.60 Å². The second-order valence-electron chi connectivity index (χ2n) is 7.02. The van der Waals surface area contributed by atoms with E-state index in [1.54, 1.807) is 4.90 Å². The van der Waals surface area contributed by atoms with Gasteiger partial charge in [-0.2, -0.15) is 0 Å². The van der Waals surface area contributed by atoms with Crippen molar-refractivity contribution in [2.24, 2.45) is 0 Å². The Morgan fingerprint density at radius 3 is 2.20 bits per heavy atom. The molecule has 0 aromatic carbocycles. The van der Waals surface area contributed by atoms with Crippen LogP contribution in [-0.4, -0.2) is 53.1 Å². The summed E-state index contributed by atoms with van der Waals surface area (Å²) in [6, 6.07) is 0. The number of aliphatic hydroxyl groups is 1. The molecule has 0 bridgehead atoms. The van der Waals surface area contributed by atoms with Gasteiger partial charge < -0.3 is 19.5 Å². The number of ether oxygens (including phenoxy) is 2. The summed E-state index contributed by atoms with van der Waals surface area (Å²) in [6.45, 7) is 11.1. The molecule has 0 unspecified atom stereocenters. The zero-order valence-electron chi connectivity index (χ0n) is 13.4. The van der Waals surface area contributed by atoms with Crippen LogP contribution in [0.5, 0.6) is 0 Å². The molecule has 0 aliphatic carbocycles. The Balaban J connectivity index is 2.38. The molecule has 1 fully saturated rings. The number of likely N-dealkylation sites (tertiary alicyclic amines) is 1. The lowest BCUT2D eigenvalue weighted by Crippen LogP contribution is -2.45. The van der Waals surface area contributed by atoms with Crippen molar-refractivity contribution in [3.8, 4) is 0 Å². The minimum absolute atomic E-state index is 0.129. The molecule has 0 saturated carbocycles. The Hall–Kier alpha value is -0.810. The van der Waals surface area contributed by atoms with Crippen molar-refractivity contribution in [2.75, 3.05) is 19.7 Å². The normalized spacial score (nSPS) is 18.2. The summed E-state index contributed by atoms with van der Waals surface area (Å²) in [5, 5.41) is 9.00. The van der Waals surface area contributed by atoms with Crippen molar-refractivity contribution in [1.82, 2.24) is 4.90 Å². The van der Waals surface area contributed by atoms with Crippen LogP contribution in [0.25, 0.3) is 0 Å². The van der Waals surface area contributed by atoms with Gasteiger partial charge >= 0.3 is 6.09 Å². The molecule has 0 atom stereocenters. The van der Waals surface area contributed by atoms with Gasteiger partial charge in [0.15, 0.2) is 0 Å². The number of hydrogen-bond donors (Lipinski definition) is 1. The molecule has 1 aliphatic rings. The molecule has 1 aliphatic heterocycles. The molecular formula is C15H29NO4. The van der Waals surface area contributed by atoms with Crippen molar-refractivity contribution in [2.45, 2.75) is 71.2 Å². The maximum atomic E-state index is 11.9. The fraction of sp³-hybridized carbons (Fsp3) is 0.933. The minimum atomic E-state index is -0.451. The number of piperidine rings is 1. The van der Waals surface area contributed by atoms with Gasteiger partial charge in [-0.15, -0.1) is 0 Å². The van der Waals surface area contributed by atoms with Gasteiger partial charge in [0.25, 0.3) is 0 Å². The Bertz CT molecular complexity index is 314. The van der Waals surface area contributed by atoms with E-state index in [1.807, 2.05) is 34.6 Å². The predicted molar refractivity (Wildman–Crippen MR) is 77.7 cm³/mol. The van der Waals surface area contributed by atoms with Crippen molar-refractivity contribution in [1.29, 1.82) is 0 Å². The van der Waals surface area contributed by atoms with Gasteiger partial charge in [0.05, 0.1) is 11.7 Å². The van der Waals surface area contributed by atoms with E-state index in [0.717, 1.165) is 12.8 Å². The molecule has 1 saturated heterocycles. The third-order valence-corrected chi connectivity index (χ3v) is 3.29. The topological polar surface area (TPSA) is 59.0 Å². The molecule has 0 radical (unpaired) electrons. The van der Waals surface area contributed by atoms with Gasteiger partial charge in [-0.25, -0.2) is 4.79 Å². The van der Waals surface area contributed by atoms with Gasteiger partial charge in [-0.3, -0.25) is 0 Å². The summed E-state index contributed by atoms with van der Waals surface area (Å²) in [4.78, 5) is 13.7. The third kappa shape index (κ3) is 6.09. The summed E-state index contributed by atoms with van der Waals surface area (Å²) in [7, 11) is 0. The molecule has 118 valence electrons. The molecule has 5 nitrogen and oxygen atoms in total. The van der Waals surface area contributed by atoms with Gasteiger partial charge in [0, 0.05) is 19.7 Å². The van der Waals surface area contributed by atoms with E-state index in [4.69, 9.17) is 14.6 Å². The summed E-state index contributed by atoms with van der Waals surface area (Å²) in [5.74, 6) is 0. The van der Waals surface area contributed by atoms with Crippen molar-refractivity contribution in [3.05, 3.63) is 0 Å². The number of rotatable bonds is 4. The molecule has 1 N–H and O–H groups in total. The first-order chi connectivity index (χ1) is 9.13. The van der Waals surface area contributed by atoms with Crippen LogP contribution in [0.4, 0.5) is 4.79 Å². The molecule has 0 aromatic heterocycles. The van der Waals surface area contributed by atoms with E-state index in [9.17, 15) is 4.79 Å². The number of aliphatic hydroxyl groups excluding tert-OH is 1. The van der Waals surface area contributed by atoms with Gasteiger partial charge in [0.2, 0.25) is 0 Å². The summed E-state index contributed by atoms with van der Waals surface area (Å²) in [5.41, 5.74) is -0.763. The molecule has 1 rings (SSSR count). The highest BCUT2D eigenvalue weighted by Crippen LogP contribution is 2.23. The van der Waals surface area contributed by atoms with E-state index in [0.29, 0.717) is 19.5 Å². The highest BCUT2D eigenvalue weighted by molar-refractivity contribution is 5.68. The van der Waals surface area contributed by atoms with Crippen LogP contribution >= 0.6 is 0 Å². The predicted octanol–water partition coefficient (Wildman–Crippen LogP) is 2.56. The second-order valence-corrected chi connectivity index (χ2v) is 7.02. The zero-order chi connectivity index (χ0) is 15.4. The largest absolute Gasteiger partial charge is 0.444 e. The lowest BCUT2D eigenvalue weighted by atomic mass is 10.0. The Morgan fingerprint density at radius 2 is 1.75 bits per heavy atom. The number of carbonyl (C=O) groups is 1. The number of amides is 1. The Kier molecular flexibility index (Phi) is 5.83. The van der Waals surface area contributed by atoms with Crippen molar-refractivity contribution >= 4 is 6.09 Å². The highest BCUT2D eigenvalue weighted by atomic mass is 16.6. The van der Waals surface area contributed by atoms with Crippen LogP contribution in [0.1, 0.15) is 53.9 Å². The minimum Gasteiger partial charge on any atom is -0.444 e. The van der Waals surface area contributed by atoms with Gasteiger partial charge in [-0.1, -0.05) is 0 Å². The molecule has 5 heteroatoms. The number of hydrogen-bond acceptors (Lipinski definition) is 4. The van der Waals surface area contributed by atoms with Crippen LogP contribution < -0.4 is 0 Å². The first-order valence-electron chi connectivity index (χ1n) is 7.39. The first-order valence-corrected chi connectivity index (χ1v) is 7.39. The first kappa shape index (κ1) is 17.2. The second kappa shape index (κ2) is 6.76. The lowest BCUT2D eigenvalue weighted by molar-refractivity contribution is -0.100. The monoisotopic (exact) mass is 287 g/mol. The van der Waals surface area contributed by atoms with Gasteiger partial charge in [-0.05, 0) is 53.9 Å². The standard InChI is InChI=1S/C15H29NO4/c1-14(2,3)20-13(18)16-9-6-12(7-10-16)19-15(4,5)8-11-17/h12,17H,6-11H2,1-5H3. The van der Waals surface area contributed by atoms with Crippen LogP contribution in [0.3, 0.4) is 0 Å². The van der Waals surface area contributed by atoms with E-state index in [2.05, 4.69) is 0 Å². The summed E-state index contributed by atoms with van der Waals surface area (Å²) < 4.78 is 11.4. The molecular weight excluding hydrogens is 258 g/mol. The molecule has 0 spiro atoms. The van der Waals surface area contributed by atoms with Crippen LogP contribution in [0, 0.1) is 0 Å². The number of nitrogens with zero attached hydrogens (tertiary/aromatic N) is 1. The van der Waals surface area contributed by atoms with Crippen LogP contribution in [-0.2, 0) is 9.47 Å². The molecule has 20 heavy (non-hydrogen) atoms. The zero-order valence-corrected chi connectivity index (χ0v) is 13.4. The quantitative estimate of drug-likeness (QED) is 0.863. The average Bonchev–Trinajstić information content (AvgIpc) is 2.26. The maximum absolute atomic E-state index is 11.9. The Labute approximate surface area is 122 Å². The van der Waals surface area contributed by atoms with E-state index in [-0.39, 0.29) is 24.4 Å². The number of carbonyl (C=O) groups excluding carboxylic acids is 1. The van der Waals surface area contributed by atoms with Crippen molar-refractivity contribution < 1.29 is 19.4 Å². The average molecular weight is 287 g/mol. The molecule has 1 amide bonds. The fourth-order valence-corrected chi connectivity index (χ4v) is 2.26. The fourth-order valence-electron chi connectivity index (χ4n) is 2.26. The van der Waals surface area contributed by atoms with E-state index >= 15 is 0 Å². The maximum Gasteiger partial charge on any atom is 0.410 e. The highest BCUT2D eigenvalue weighted by Gasteiger charge is 2.30. The van der Waals surface area contributed by atoms with Gasteiger partial charge in [0.1, 0.15) is 5.60 Å². The van der Waals surface area contributed by atoms with Crippen LogP contribution in [0.2, 0.25) is 0 Å². The third-order valence-electron chi connectivity index (χ3n) is 3.29. The smallest absolute Gasteiger partial charge is 0.410 e.